The minimum absolute atomic E-state index is 0.124. The van der Waals surface area contributed by atoms with Crippen LogP contribution < -0.4 is 4.74 Å². The van der Waals surface area contributed by atoms with Crippen LogP contribution in [-0.2, 0) is 0 Å². The van der Waals surface area contributed by atoms with Crippen LogP contribution in [0.1, 0.15) is 31.4 Å². The summed E-state index contributed by atoms with van der Waals surface area (Å²) in [7, 11) is 0. The van der Waals surface area contributed by atoms with Gasteiger partial charge in [-0.25, -0.2) is 0 Å². The average Bonchev–Trinajstić information content (AvgIpc) is 2.25. The second-order valence-electron chi connectivity index (χ2n) is 4.18. The van der Waals surface area contributed by atoms with Gasteiger partial charge in [-0.05, 0) is 44.7 Å². The fraction of sp³-hybridized carbons (Fsp3) is 0.583. The molecule has 0 aliphatic heterocycles. The molecular weight excluding hydrogens is 190 g/mol. The Balaban J connectivity index is 1.89. The summed E-state index contributed by atoms with van der Waals surface area (Å²) in [6, 6.07) is 3.90. The van der Waals surface area contributed by atoms with Crippen LogP contribution in [0.3, 0.4) is 0 Å². The molecule has 1 aliphatic rings. The van der Waals surface area contributed by atoms with Gasteiger partial charge in [-0.2, -0.15) is 0 Å². The van der Waals surface area contributed by atoms with E-state index in [9.17, 15) is 5.11 Å². The van der Waals surface area contributed by atoms with Gasteiger partial charge in [0.05, 0.1) is 18.4 Å². The molecule has 1 aromatic rings. The van der Waals surface area contributed by atoms with E-state index in [1.165, 1.54) is 0 Å². The molecule has 15 heavy (non-hydrogen) atoms. The maximum absolute atomic E-state index is 9.36. The molecule has 3 nitrogen and oxygen atoms in total. The standard InChI is InChI=1S/C12H17NO2/c1-9-2-5-12(8-13-9)15-11-6-3-10(14)4-7-11/h2,5,8,10-11,14H,3-4,6-7H2,1H3/t10-,11-. The smallest absolute Gasteiger partial charge is 0.138 e. The molecule has 0 amide bonds. The molecule has 3 heteroatoms. The van der Waals surface area contributed by atoms with Crippen LogP contribution in [0.2, 0.25) is 0 Å². The number of nitrogens with zero attached hydrogens (tertiary/aromatic N) is 1. The van der Waals surface area contributed by atoms with E-state index in [-0.39, 0.29) is 12.2 Å². The van der Waals surface area contributed by atoms with E-state index in [0.29, 0.717) is 0 Å². The lowest BCUT2D eigenvalue weighted by molar-refractivity contribution is 0.0664. The molecule has 1 saturated carbocycles. The average molecular weight is 207 g/mol. The number of aliphatic hydroxyl groups excluding tert-OH is 1. The van der Waals surface area contributed by atoms with Crippen LogP contribution in [0, 0.1) is 6.92 Å². The van der Waals surface area contributed by atoms with Crippen LogP contribution >= 0.6 is 0 Å². The Morgan fingerprint density at radius 3 is 2.60 bits per heavy atom. The minimum atomic E-state index is -0.124. The van der Waals surface area contributed by atoms with Gasteiger partial charge < -0.3 is 9.84 Å². The SMILES string of the molecule is Cc1ccc(O[C@H]2CC[C@H](O)CC2)cn1. The van der Waals surface area contributed by atoms with Gasteiger partial charge in [0.15, 0.2) is 0 Å². The zero-order valence-corrected chi connectivity index (χ0v) is 9.02. The Bertz CT molecular complexity index is 302. The van der Waals surface area contributed by atoms with Gasteiger partial charge in [0, 0.05) is 5.69 Å². The van der Waals surface area contributed by atoms with Crippen LogP contribution in [0.25, 0.3) is 0 Å². The number of aryl methyl sites for hydroxylation is 1. The Morgan fingerprint density at radius 1 is 1.27 bits per heavy atom. The lowest BCUT2D eigenvalue weighted by Crippen LogP contribution is -2.26. The van der Waals surface area contributed by atoms with Gasteiger partial charge in [-0.3, -0.25) is 4.98 Å². The highest BCUT2D eigenvalue weighted by Gasteiger charge is 2.20. The molecule has 1 fully saturated rings. The van der Waals surface area contributed by atoms with Crippen LogP contribution in [0.15, 0.2) is 18.3 Å². The van der Waals surface area contributed by atoms with Crippen molar-refractivity contribution in [3.05, 3.63) is 24.0 Å². The van der Waals surface area contributed by atoms with Gasteiger partial charge in [0.2, 0.25) is 0 Å². The van der Waals surface area contributed by atoms with E-state index in [2.05, 4.69) is 4.98 Å². The lowest BCUT2D eigenvalue weighted by Gasteiger charge is -2.25. The summed E-state index contributed by atoms with van der Waals surface area (Å²) >= 11 is 0. The molecule has 0 unspecified atom stereocenters. The number of hydrogen-bond acceptors (Lipinski definition) is 3. The van der Waals surface area contributed by atoms with Crippen molar-refractivity contribution < 1.29 is 9.84 Å². The van der Waals surface area contributed by atoms with Gasteiger partial charge in [-0.15, -0.1) is 0 Å². The molecule has 2 rings (SSSR count). The zero-order valence-electron chi connectivity index (χ0n) is 9.02. The molecule has 0 bridgehead atoms. The van der Waals surface area contributed by atoms with E-state index in [4.69, 9.17) is 4.74 Å². The Labute approximate surface area is 90.1 Å². The molecule has 82 valence electrons. The number of ether oxygens (including phenoxy) is 1. The first-order valence-electron chi connectivity index (χ1n) is 5.51. The fourth-order valence-electron chi connectivity index (χ4n) is 1.88. The topological polar surface area (TPSA) is 42.4 Å². The van der Waals surface area contributed by atoms with Crippen molar-refractivity contribution in [1.82, 2.24) is 4.98 Å². The molecule has 1 N–H and O–H groups in total. The largest absolute Gasteiger partial charge is 0.489 e. The van der Waals surface area contributed by atoms with Crippen molar-refractivity contribution in [2.75, 3.05) is 0 Å². The summed E-state index contributed by atoms with van der Waals surface area (Å²) in [6.45, 7) is 1.96. The van der Waals surface area contributed by atoms with Crippen molar-refractivity contribution in [2.45, 2.75) is 44.8 Å². The minimum Gasteiger partial charge on any atom is -0.489 e. The lowest BCUT2D eigenvalue weighted by atomic mass is 9.95. The molecule has 0 spiro atoms. The zero-order chi connectivity index (χ0) is 10.7. The predicted octanol–water partition coefficient (Wildman–Crippen LogP) is 2.07. The number of rotatable bonds is 2. The van der Waals surface area contributed by atoms with Crippen molar-refractivity contribution in [2.24, 2.45) is 0 Å². The summed E-state index contributed by atoms with van der Waals surface area (Å²) < 4.78 is 5.78. The summed E-state index contributed by atoms with van der Waals surface area (Å²) in [5.74, 6) is 0.835. The van der Waals surface area contributed by atoms with Gasteiger partial charge in [-0.1, -0.05) is 0 Å². The predicted molar refractivity (Wildman–Crippen MR) is 57.9 cm³/mol. The first kappa shape index (κ1) is 10.4. The third-order valence-corrected chi connectivity index (χ3v) is 2.83. The Hall–Kier alpha value is -1.09. The number of hydrogen-bond donors (Lipinski definition) is 1. The van der Waals surface area contributed by atoms with Crippen molar-refractivity contribution >= 4 is 0 Å². The molecule has 1 aromatic heterocycles. The number of pyridine rings is 1. The molecule has 0 radical (unpaired) electrons. The molecule has 1 heterocycles. The third kappa shape index (κ3) is 2.93. The second kappa shape index (κ2) is 4.62. The number of aromatic nitrogens is 1. The summed E-state index contributed by atoms with van der Waals surface area (Å²) in [4.78, 5) is 4.19. The first-order chi connectivity index (χ1) is 7.24. The van der Waals surface area contributed by atoms with Crippen molar-refractivity contribution in [1.29, 1.82) is 0 Å². The highest BCUT2D eigenvalue weighted by molar-refractivity contribution is 5.19. The molecule has 0 atom stereocenters. The molecular formula is C12H17NO2. The summed E-state index contributed by atoms with van der Waals surface area (Å²) in [5.41, 5.74) is 1.00. The normalized spacial score (nSPS) is 26.3. The molecule has 0 aromatic carbocycles. The quantitative estimate of drug-likeness (QED) is 0.807. The van der Waals surface area contributed by atoms with Crippen molar-refractivity contribution in [3.8, 4) is 5.75 Å². The Kier molecular flexibility index (Phi) is 3.21. The highest BCUT2D eigenvalue weighted by Crippen LogP contribution is 2.23. The van der Waals surface area contributed by atoms with E-state index >= 15 is 0 Å². The summed E-state index contributed by atoms with van der Waals surface area (Å²) in [6.07, 6.45) is 5.47. The van der Waals surface area contributed by atoms with Crippen LogP contribution in [0.5, 0.6) is 5.75 Å². The highest BCUT2D eigenvalue weighted by atomic mass is 16.5. The van der Waals surface area contributed by atoms with Gasteiger partial charge in [0.1, 0.15) is 5.75 Å². The monoisotopic (exact) mass is 207 g/mol. The van der Waals surface area contributed by atoms with Crippen molar-refractivity contribution in [3.63, 3.8) is 0 Å². The van der Waals surface area contributed by atoms with E-state index in [1.54, 1.807) is 6.20 Å². The first-order valence-corrected chi connectivity index (χ1v) is 5.51. The van der Waals surface area contributed by atoms with Crippen LogP contribution in [0.4, 0.5) is 0 Å². The second-order valence-corrected chi connectivity index (χ2v) is 4.18. The van der Waals surface area contributed by atoms with E-state index in [0.717, 1.165) is 37.1 Å². The molecule has 1 aliphatic carbocycles. The number of aliphatic hydroxyl groups is 1. The maximum Gasteiger partial charge on any atom is 0.138 e. The maximum atomic E-state index is 9.36. The molecule has 0 saturated heterocycles. The van der Waals surface area contributed by atoms with Crippen LogP contribution in [-0.4, -0.2) is 22.3 Å². The fourth-order valence-corrected chi connectivity index (χ4v) is 1.88. The third-order valence-electron chi connectivity index (χ3n) is 2.83. The Morgan fingerprint density at radius 2 is 2.00 bits per heavy atom. The van der Waals surface area contributed by atoms with Gasteiger partial charge in [0.25, 0.3) is 0 Å². The van der Waals surface area contributed by atoms with E-state index < -0.39 is 0 Å². The van der Waals surface area contributed by atoms with Gasteiger partial charge >= 0.3 is 0 Å². The summed E-state index contributed by atoms with van der Waals surface area (Å²) in [5, 5.41) is 9.36. The van der Waals surface area contributed by atoms with E-state index in [1.807, 2.05) is 19.1 Å².